The largest absolute Gasteiger partial charge is 0.494 e. The minimum Gasteiger partial charge on any atom is -0.494 e. The SMILES string of the molecule is COc1cccc(C(O)C2(OC)CCOCC2)c1F. The number of aliphatic hydroxyl groups is 1. The highest BCUT2D eigenvalue weighted by Crippen LogP contribution is 2.39. The van der Waals surface area contributed by atoms with Crippen molar-refractivity contribution in [1.82, 2.24) is 0 Å². The van der Waals surface area contributed by atoms with Gasteiger partial charge >= 0.3 is 0 Å². The molecule has 5 heteroatoms. The monoisotopic (exact) mass is 270 g/mol. The van der Waals surface area contributed by atoms with Crippen molar-refractivity contribution in [3.63, 3.8) is 0 Å². The second-order valence-corrected chi connectivity index (χ2v) is 4.65. The van der Waals surface area contributed by atoms with E-state index >= 15 is 0 Å². The van der Waals surface area contributed by atoms with Gasteiger partial charge in [0.05, 0.1) is 7.11 Å². The molecule has 0 spiro atoms. The normalized spacial score (nSPS) is 20.0. The Balaban J connectivity index is 2.34. The molecule has 1 unspecified atom stereocenters. The zero-order chi connectivity index (χ0) is 13.9. The van der Waals surface area contributed by atoms with Gasteiger partial charge in [-0.2, -0.15) is 0 Å². The summed E-state index contributed by atoms with van der Waals surface area (Å²) < 4.78 is 29.9. The molecule has 1 N–H and O–H groups in total. The lowest BCUT2D eigenvalue weighted by Gasteiger charge is -2.39. The first-order valence-electron chi connectivity index (χ1n) is 6.28. The maximum atomic E-state index is 14.2. The number of halogens is 1. The minimum absolute atomic E-state index is 0.120. The van der Waals surface area contributed by atoms with E-state index in [9.17, 15) is 9.50 Å². The number of benzene rings is 1. The molecule has 0 aromatic heterocycles. The van der Waals surface area contributed by atoms with Gasteiger partial charge in [-0.1, -0.05) is 12.1 Å². The topological polar surface area (TPSA) is 47.9 Å². The zero-order valence-electron chi connectivity index (χ0n) is 11.2. The maximum absolute atomic E-state index is 14.2. The number of aliphatic hydroxyl groups excluding tert-OH is 1. The summed E-state index contributed by atoms with van der Waals surface area (Å²) in [6.45, 7) is 0.993. The zero-order valence-corrected chi connectivity index (χ0v) is 11.2. The average molecular weight is 270 g/mol. The van der Waals surface area contributed by atoms with E-state index in [4.69, 9.17) is 14.2 Å². The van der Waals surface area contributed by atoms with Crippen molar-refractivity contribution in [2.75, 3.05) is 27.4 Å². The average Bonchev–Trinajstić information content (AvgIpc) is 2.47. The lowest BCUT2D eigenvalue weighted by atomic mass is 9.84. The first-order chi connectivity index (χ1) is 9.14. The fourth-order valence-electron chi connectivity index (χ4n) is 2.49. The Morgan fingerprint density at radius 3 is 2.58 bits per heavy atom. The molecule has 1 fully saturated rings. The smallest absolute Gasteiger partial charge is 0.170 e. The van der Waals surface area contributed by atoms with Gasteiger partial charge in [-0.15, -0.1) is 0 Å². The fourth-order valence-corrected chi connectivity index (χ4v) is 2.49. The molecule has 106 valence electrons. The molecule has 0 aliphatic carbocycles. The van der Waals surface area contributed by atoms with Gasteiger partial charge in [0, 0.05) is 38.7 Å². The molecule has 1 aromatic rings. The van der Waals surface area contributed by atoms with E-state index in [-0.39, 0.29) is 11.3 Å². The molecular weight excluding hydrogens is 251 g/mol. The third-order valence-electron chi connectivity index (χ3n) is 3.75. The van der Waals surface area contributed by atoms with Gasteiger partial charge in [0.1, 0.15) is 11.7 Å². The van der Waals surface area contributed by atoms with Crippen LogP contribution in [0.2, 0.25) is 0 Å². The molecule has 0 amide bonds. The second-order valence-electron chi connectivity index (χ2n) is 4.65. The summed E-state index contributed by atoms with van der Waals surface area (Å²) in [4.78, 5) is 0. The Labute approximate surface area is 112 Å². The number of hydrogen-bond donors (Lipinski definition) is 1. The highest BCUT2D eigenvalue weighted by atomic mass is 19.1. The van der Waals surface area contributed by atoms with E-state index in [1.165, 1.54) is 20.3 Å². The van der Waals surface area contributed by atoms with Crippen LogP contribution in [0.15, 0.2) is 18.2 Å². The first-order valence-corrected chi connectivity index (χ1v) is 6.28. The van der Waals surface area contributed by atoms with Crippen molar-refractivity contribution < 1.29 is 23.7 Å². The number of ether oxygens (including phenoxy) is 3. The predicted molar refractivity (Wildman–Crippen MR) is 67.7 cm³/mol. The molecule has 1 heterocycles. The van der Waals surface area contributed by atoms with Crippen LogP contribution in [-0.4, -0.2) is 38.1 Å². The van der Waals surface area contributed by atoms with Crippen LogP contribution >= 0.6 is 0 Å². The van der Waals surface area contributed by atoms with Gasteiger partial charge in [0.2, 0.25) is 0 Å². The molecule has 2 rings (SSSR count). The Bertz CT molecular complexity index is 429. The summed E-state index contributed by atoms with van der Waals surface area (Å²) in [5.41, 5.74) is -0.603. The Kier molecular flexibility index (Phi) is 4.39. The van der Waals surface area contributed by atoms with E-state index in [1.807, 2.05) is 0 Å². The summed E-state index contributed by atoms with van der Waals surface area (Å²) >= 11 is 0. The van der Waals surface area contributed by atoms with E-state index < -0.39 is 17.5 Å². The molecule has 1 saturated heterocycles. The van der Waals surface area contributed by atoms with Crippen LogP contribution in [-0.2, 0) is 9.47 Å². The second kappa shape index (κ2) is 5.86. The lowest BCUT2D eigenvalue weighted by molar-refractivity contribution is -0.155. The van der Waals surface area contributed by atoms with Crippen molar-refractivity contribution in [3.8, 4) is 5.75 Å². The van der Waals surface area contributed by atoms with Crippen LogP contribution in [0.25, 0.3) is 0 Å². The van der Waals surface area contributed by atoms with Gasteiger partial charge < -0.3 is 19.3 Å². The molecule has 1 aliphatic rings. The van der Waals surface area contributed by atoms with Crippen LogP contribution < -0.4 is 4.74 Å². The Hall–Kier alpha value is -1.17. The van der Waals surface area contributed by atoms with Gasteiger partial charge in [-0.25, -0.2) is 4.39 Å². The summed E-state index contributed by atoms with van der Waals surface area (Å²) in [6.07, 6.45) is 0.0133. The van der Waals surface area contributed by atoms with Crippen molar-refractivity contribution in [1.29, 1.82) is 0 Å². The molecule has 19 heavy (non-hydrogen) atoms. The van der Waals surface area contributed by atoms with Crippen molar-refractivity contribution in [2.24, 2.45) is 0 Å². The van der Waals surface area contributed by atoms with Crippen LogP contribution in [0.3, 0.4) is 0 Å². The summed E-state index contributed by atoms with van der Waals surface area (Å²) in [5, 5.41) is 10.5. The fraction of sp³-hybridized carbons (Fsp3) is 0.571. The van der Waals surface area contributed by atoms with Gasteiger partial charge in [-0.3, -0.25) is 0 Å². The molecule has 1 aliphatic heterocycles. The number of hydrogen-bond acceptors (Lipinski definition) is 4. The molecule has 0 bridgehead atoms. The van der Waals surface area contributed by atoms with Crippen LogP contribution in [0.5, 0.6) is 5.75 Å². The Morgan fingerprint density at radius 1 is 1.32 bits per heavy atom. The van der Waals surface area contributed by atoms with Gasteiger partial charge in [-0.05, 0) is 6.07 Å². The van der Waals surface area contributed by atoms with Crippen LogP contribution in [0, 0.1) is 5.82 Å². The third kappa shape index (κ3) is 2.59. The van der Waals surface area contributed by atoms with Crippen molar-refractivity contribution in [2.45, 2.75) is 24.5 Å². The van der Waals surface area contributed by atoms with E-state index in [1.54, 1.807) is 12.1 Å². The van der Waals surface area contributed by atoms with Crippen LogP contribution in [0.1, 0.15) is 24.5 Å². The minimum atomic E-state index is -1.04. The van der Waals surface area contributed by atoms with Crippen molar-refractivity contribution >= 4 is 0 Å². The quantitative estimate of drug-likeness (QED) is 0.910. The molecule has 0 radical (unpaired) electrons. The first kappa shape index (κ1) is 14.2. The summed E-state index contributed by atoms with van der Waals surface area (Å²) in [6, 6.07) is 4.73. The highest BCUT2D eigenvalue weighted by molar-refractivity contribution is 5.33. The molecule has 0 saturated carbocycles. The number of methoxy groups -OCH3 is 2. The summed E-state index contributed by atoms with van der Waals surface area (Å²) in [5.74, 6) is -0.421. The number of rotatable bonds is 4. The third-order valence-corrected chi connectivity index (χ3v) is 3.75. The molecule has 1 aromatic carbocycles. The molecule has 1 atom stereocenters. The van der Waals surface area contributed by atoms with E-state index in [0.717, 1.165) is 0 Å². The maximum Gasteiger partial charge on any atom is 0.170 e. The van der Waals surface area contributed by atoms with Gasteiger partial charge in [0.25, 0.3) is 0 Å². The van der Waals surface area contributed by atoms with Crippen LogP contribution in [0.4, 0.5) is 4.39 Å². The van der Waals surface area contributed by atoms with Gasteiger partial charge in [0.15, 0.2) is 11.6 Å². The molecular formula is C14H19FO4. The van der Waals surface area contributed by atoms with E-state index in [2.05, 4.69) is 0 Å². The Morgan fingerprint density at radius 2 is 2.00 bits per heavy atom. The predicted octanol–water partition coefficient (Wildman–Crippen LogP) is 2.06. The lowest BCUT2D eigenvalue weighted by Crippen LogP contribution is -2.44. The standard InChI is InChI=1S/C14H19FO4/c1-17-11-5-3-4-10(12(11)15)13(16)14(18-2)6-8-19-9-7-14/h3-5,13,16H,6-9H2,1-2H3. The van der Waals surface area contributed by atoms with Crippen molar-refractivity contribution in [3.05, 3.63) is 29.6 Å². The summed E-state index contributed by atoms with van der Waals surface area (Å²) in [7, 11) is 2.93. The molecule has 4 nitrogen and oxygen atoms in total. The van der Waals surface area contributed by atoms with E-state index in [0.29, 0.717) is 26.1 Å². The highest BCUT2D eigenvalue weighted by Gasteiger charge is 2.42.